The Balaban J connectivity index is 2.09. The molecule has 0 bridgehead atoms. The van der Waals surface area contributed by atoms with Crippen molar-refractivity contribution < 1.29 is 4.74 Å². The normalized spacial score (nSPS) is 10.6. The van der Waals surface area contributed by atoms with Crippen molar-refractivity contribution in [3.05, 3.63) is 33.0 Å². The summed E-state index contributed by atoms with van der Waals surface area (Å²) in [5.41, 5.74) is 0. The molecule has 0 saturated heterocycles. The molecular weight excluding hydrogens is 364 g/mol. The molecule has 0 aliphatic heterocycles. The highest BCUT2D eigenvalue weighted by Crippen LogP contribution is 2.33. The molecule has 2 rings (SSSR count). The Hall–Kier alpha value is -0.950. The molecular formula is C11H12Br2N4O. The monoisotopic (exact) mass is 374 g/mol. The molecule has 0 atom stereocenters. The Morgan fingerprint density at radius 3 is 2.67 bits per heavy atom. The molecule has 0 radical (unpaired) electrons. The third-order valence-electron chi connectivity index (χ3n) is 2.31. The van der Waals surface area contributed by atoms with Crippen LogP contribution in [0.5, 0.6) is 5.75 Å². The first-order valence-electron chi connectivity index (χ1n) is 5.54. The van der Waals surface area contributed by atoms with Crippen molar-refractivity contribution in [3.8, 4) is 5.75 Å². The second kappa shape index (κ2) is 6.29. The maximum Gasteiger partial charge on any atom is 0.189 e. The average molecular weight is 376 g/mol. The molecule has 0 N–H and O–H groups in total. The van der Waals surface area contributed by atoms with Gasteiger partial charge in [-0.05, 0) is 60.8 Å². The predicted octanol–water partition coefficient (Wildman–Crippen LogP) is 3.19. The van der Waals surface area contributed by atoms with Gasteiger partial charge < -0.3 is 4.74 Å². The van der Waals surface area contributed by atoms with Crippen LogP contribution >= 0.6 is 31.9 Å². The van der Waals surface area contributed by atoms with Gasteiger partial charge in [-0.15, -0.1) is 5.10 Å². The topological polar surface area (TPSA) is 52.8 Å². The standard InChI is InChI=1S/C11H12Br2N4O/c1-2-6-17-10(14-15-16-17)7-18-11-8(12)4-3-5-9(11)13/h3-5H,2,6-7H2,1H3. The molecule has 1 heterocycles. The van der Waals surface area contributed by atoms with Crippen LogP contribution in [0.1, 0.15) is 19.2 Å². The molecule has 0 aliphatic rings. The van der Waals surface area contributed by atoms with Crippen molar-refractivity contribution in [2.75, 3.05) is 0 Å². The molecule has 1 aromatic heterocycles. The van der Waals surface area contributed by atoms with E-state index in [1.54, 1.807) is 4.68 Å². The second-order valence-electron chi connectivity index (χ2n) is 3.66. The van der Waals surface area contributed by atoms with Crippen LogP contribution in [-0.4, -0.2) is 20.2 Å². The van der Waals surface area contributed by atoms with Gasteiger partial charge in [0.15, 0.2) is 5.82 Å². The molecule has 0 unspecified atom stereocenters. The maximum absolute atomic E-state index is 5.74. The van der Waals surface area contributed by atoms with Crippen molar-refractivity contribution in [1.82, 2.24) is 20.2 Å². The first-order chi connectivity index (χ1) is 8.72. The number of aromatic nitrogens is 4. The van der Waals surface area contributed by atoms with Crippen LogP contribution in [0.15, 0.2) is 27.1 Å². The SMILES string of the molecule is CCCn1nnnc1COc1c(Br)cccc1Br. The number of rotatable bonds is 5. The van der Waals surface area contributed by atoms with E-state index in [9.17, 15) is 0 Å². The summed E-state index contributed by atoms with van der Waals surface area (Å²) < 4.78 is 9.29. The van der Waals surface area contributed by atoms with Gasteiger partial charge in [-0.3, -0.25) is 0 Å². The molecule has 0 fully saturated rings. The van der Waals surface area contributed by atoms with Gasteiger partial charge >= 0.3 is 0 Å². The molecule has 0 amide bonds. The van der Waals surface area contributed by atoms with E-state index >= 15 is 0 Å². The fraction of sp³-hybridized carbons (Fsp3) is 0.364. The summed E-state index contributed by atoms with van der Waals surface area (Å²) in [6.45, 7) is 3.22. The third-order valence-corrected chi connectivity index (χ3v) is 3.55. The van der Waals surface area contributed by atoms with Crippen molar-refractivity contribution in [1.29, 1.82) is 0 Å². The van der Waals surface area contributed by atoms with Gasteiger partial charge in [0.1, 0.15) is 12.4 Å². The number of para-hydroxylation sites is 1. The Morgan fingerprint density at radius 2 is 2.00 bits per heavy atom. The van der Waals surface area contributed by atoms with E-state index in [0.717, 1.165) is 33.5 Å². The molecule has 96 valence electrons. The summed E-state index contributed by atoms with van der Waals surface area (Å²) in [4.78, 5) is 0. The van der Waals surface area contributed by atoms with Gasteiger partial charge in [0, 0.05) is 6.54 Å². The second-order valence-corrected chi connectivity index (χ2v) is 5.37. The Labute approximate surface area is 122 Å². The molecule has 18 heavy (non-hydrogen) atoms. The fourth-order valence-electron chi connectivity index (χ4n) is 1.47. The predicted molar refractivity (Wildman–Crippen MR) is 74.3 cm³/mol. The average Bonchev–Trinajstić information content (AvgIpc) is 2.77. The summed E-state index contributed by atoms with van der Waals surface area (Å²) in [6, 6.07) is 5.78. The summed E-state index contributed by atoms with van der Waals surface area (Å²) in [7, 11) is 0. The number of nitrogens with zero attached hydrogens (tertiary/aromatic N) is 4. The third kappa shape index (κ3) is 3.08. The Bertz CT molecular complexity index is 509. The first kappa shape index (κ1) is 13.5. The van der Waals surface area contributed by atoms with E-state index < -0.39 is 0 Å². The van der Waals surface area contributed by atoms with E-state index in [0.29, 0.717) is 6.61 Å². The largest absolute Gasteiger partial charge is 0.483 e. The number of ether oxygens (including phenoxy) is 1. The van der Waals surface area contributed by atoms with Gasteiger partial charge in [-0.1, -0.05) is 13.0 Å². The van der Waals surface area contributed by atoms with Crippen LogP contribution < -0.4 is 4.74 Å². The highest BCUT2D eigenvalue weighted by atomic mass is 79.9. The van der Waals surface area contributed by atoms with Gasteiger partial charge in [-0.25, -0.2) is 4.68 Å². The van der Waals surface area contributed by atoms with Crippen LogP contribution in [0.2, 0.25) is 0 Å². The Morgan fingerprint density at radius 1 is 1.28 bits per heavy atom. The zero-order chi connectivity index (χ0) is 13.0. The fourth-order valence-corrected chi connectivity index (χ4v) is 2.70. The smallest absolute Gasteiger partial charge is 0.189 e. The number of halogens is 2. The van der Waals surface area contributed by atoms with Crippen molar-refractivity contribution in [2.45, 2.75) is 26.5 Å². The zero-order valence-corrected chi connectivity index (χ0v) is 13.0. The molecule has 1 aromatic carbocycles. The number of benzene rings is 1. The van der Waals surface area contributed by atoms with Crippen molar-refractivity contribution >= 4 is 31.9 Å². The van der Waals surface area contributed by atoms with E-state index in [2.05, 4.69) is 54.3 Å². The summed E-state index contributed by atoms with van der Waals surface area (Å²) in [6.07, 6.45) is 0.983. The van der Waals surface area contributed by atoms with E-state index in [1.165, 1.54) is 0 Å². The summed E-state index contributed by atoms with van der Waals surface area (Å²) >= 11 is 6.89. The summed E-state index contributed by atoms with van der Waals surface area (Å²) in [5, 5.41) is 11.5. The number of aryl methyl sites for hydroxylation is 1. The maximum atomic E-state index is 5.74. The first-order valence-corrected chi connectivity index (χ1v) is 7.12. The van der Waals surface area contributed by atoms with E-state index in [-0.39, 0.29) is 0 Å². The van der Waals surface area contributed by atoms with Crippen LogP contribution in [0.3, 0.4) is 0 Å². The minimum Gasteiger partial charge on any atom is -0.483 e. The summed E-state index contributed by atoms with van der Waals surface area (Å²) in [5.74, 6) is 1.48. The minimum atomic E-state index is 0.341. The molecule has 2 aromatic rings. The van der Waals surface area contributed by atoms with Gasteiger partial charge in [-0.2, -0.15) is 0 Å². The molecule has 5 nitrogen and oxygen atoms in total. The molecule has 0 saturated carbocycles. The number of hydrogen-bond donors (Lipinski definition) is 0. The van der Waals surface area contributed by atoms with Crippen LogP contribution in [0.25, 0.3) is 0 Å². The van der Waals surface area contributed by atoms with Crippen LogP contribution in [0, 0.1) is 0 Å². The zero-order valence-electron chi connectivity index (χ0n) is 9.81. The quantitative estimate of drug-likeness (QED) is 0.805. The molecule has 7 heteroatoms. The van der Waals surface area contributed by atoms with E-state index in [4.69, 9.17) is 4.74 Å². The van der Waals surface area contributed by atoms with Crippen LogP contribution in [0.4, 0.5) is 0 Å². The lowest BCUT2D eigenvalue weighted by Crippen LogP contribution is -2.08. The Kier molecular flexibility index (Phi) is 4.71. The number of hydrogen-bond acceptors (Lipinski definition) is 4. The molecule has 0 spiro atoms. The lowest BCUT2D eigenvalue weighted by atomic mass is 10.3. The lowest BCUT2D eigenvalue weighted by Gasteiger charge is -2.09. The highest BCUT2D eigenvalue weighted by Gasteiger charge is 2.10. The van der Waals surface area contributed by atoms with E-state index in [1.807, 2.05) is 18.2 Å². The van der Waals surface area contributed by atoms with Crippen molar-refractivity contribution in [2.24, 2.45) is 0 Å². The minimum absolute atomic E-state index is 0.341. The highest BCUT2D eigenvalue weighted by molar-refractivity contribution is 9.11. The van der Waals surface area contributed by atoms with Gasteiger partial charge in [0.25, 0.3) is 0 Å². The molecule has 0 aliphatic carbocycles. The van der Waals surface area contributed by atoms with Crippen LogP contribution in [-0.2, 0) is 13.2 Å². The lowest BCUT2D eigenvalue weighted by molar-refractivity contribution is 0.282. The number of tetrazole rings is 1. The van der Waals surface area contributed by atoms with Crippen molar-refractivity contribution in [3.63, 3.8) is 0 Å². The van der Waals surface area contributed by atoms with Gasteiger partial charge in [0.05, 0.1) is 8.95 Å². The van der Waals surface area contributed by atoms with Gasteiger partial charge in [0.2, 0.25) is 0 Å².